The number of aliphatic carboxylic acids is 1. The fraction of sp³-hybridized carbons (Fsp3) is 0.667. The molecule has 0 bridgehead atoms. The minimum Gasteiger partial charge on any atom is -0.481 e. The van der Waals surface area contributed by atoms with E-state index >= 15 is 0 Å². The van der Waals surface area contributed by atoms with E-state index in [1.165, 1.54) is 0 Å². The monoisotopic (exact) mass is 256 g/mol. The molecule has 1 aromatic heterocycles. The van der Waals surface area contributed by atoms with Gasteiger partial charge in [-0.3, -0.25) is 4.79 Å². The summed E-state index contributed by atoms with van der Waals surface area (Å²) >= 11 is 1.60. The molecule has 5 heteroatoms. The Morgan fingerprint density at radius 1 is 1.47 bits per heavy atom. The molecule has 1 N–H and O–H groups in total. The molecule has 1 aromatic rings. The third kappa shape index (κ3) is 4.34. The zero-order chi connectivity index (χ0) is 13.0. The van der Waals surface area contributed by atoms with Gasteiger partial charge in [0, 0.05) is 19.0 Å². The molecule has 0 spiro atoms. The summed E-state index contributed by atoms with van der Waals surface area (Å²) < 4.78 is 0. The lowest BCUT2D eigenvalue weighted by Crippen LogP contribution is -2.08. The van der Waals surface area contributed by atoms with Crippen molar-refractivity contribution in [2.45, 2.75) is 33.1 Å². The summed E-state index contributed by atoms with van der Waals surface area (Å²) in [6.45, 7) is 4.30. The second-order valence-electron chi connectivity index (χ2n) is 4.75. The molecule has 0 fully saturated rings. The molecule has 0 atom stereocenters. The molecule has 0 saturated heterocycles. The van der Waals surface area contributed by atoms with Crippen molar-refractivity contribution in [2.24, 2.45) is 5.92 Å². The quantitative estimate of drug-likeness (QED) is 0.849. The highest BCUT2D eigenvalue weighted by Gasteiger charge is 2.14. The van der Waals surface area contributed by atoms with E-state index in [4.69, 9.17) is 5.11 Å². The normalized spacial score (nSPS) is 10.9. The number of anilines is 1. The minimum atomic E-state index is -0.750. The minimum absolute atomic E-state index is 0.181. The van der Waals surface area contributed by atoms with E-state index in [-0.39, 0.29) is 6.42 Å². The predicted molar refractivity (Wildman–Crippen MR) is 70.9 cm³/mol. The van der Waals surface area contributed by atoms with Crippen LogP contribution in [0.4, 0.5) is 5.13 Å². The number of aromatic nitrogens is 1. The van der Waals surface area contributed by atoms with Crippen LogP contribution in [0.5, 0.6) is 0 Å². The third-order valence-electron chi connectivity index (χ3n) is 2.32. The molecule has 1 heterocycles. The molecule has 0 radical (unpaired) electrons. The highest BCUT2D eigenvalue weighted by atomic mass is 32.1. The van der Waals surface area contributed by atoms with Crippen LogP contribution in [-0.4, -0.2) is 30.2 Å². The number of carbonyl (C=O) groups is 1. The van der Waals surface area contributed by atoms with Crippen LogP contribution < -0.4 is 4.90 Å². The molecule has 0 saturated carbocycles. The van der Waals surface area contributed by atoms with Crippen molar-refractivity contribution < 1.29 is 9.90 Å². The van der Waals surface area contributed by atoms with Gasteiger partial charge in [0.25, 0.3) is 0 Å². The van der Waals surface area contributed by atoms with E-state index in [0.717, 1.165) is 22.1 Å². The van der Waals surface area contributed by atoms with Crippen molar-refractivity contribution in [2.75, 3.05) is 19.0 Å². The zero-order valence-corrected chi connectivity index (χ0v) is 11.7. The number of carboxylic acid groups (broad SMARTS) is 1. The van der Waals surface area contributed by atoms with Crippen LogP contribution >= 0.6 is 11.3 Å². The van der Waals surface area contributed by atoms with Crippen molar-refractivity contribution in [1.82, 2.24) is 4.98 Å². The second kappa shape index (κ2) is 6.00. The molecule has 17 heavy (non-hydrogen) atoms. The van der Waals surface area contributed by atoms with Crippen LogP contribution in [0.2, 0.25) is 0 Å². The topological polar surface area (TPSA) is 53.4 Å². The van der Waals surface area contributed by atoms with Crippen molar-refractivity contribution in [3.05, 3.63) is 10.6 Å². The van der Waals surface area contributed by atoms with Crippen LogP contribution in [0, 0.1) is 5.92 Å². The maximum absolute atomic E-state index is 10.6. The Hall–Kier alpha value is -1.10. The molecule has 96 valence electrons. The lowest BCUT2D eigenvalue weighted by molar-refractivity contribution is -0.136. The van der Waals surface area contributed by atoms with Crippen molar-refractivity contribution in [3.8, 4) is 0 Å². The SMILES string of the molecule is CC(C)Cc1nc(N(C)C)sc1CCC(=O)O. The van der Waals surface area contributed by atoms with E-state index in [2.05, 4.69) is 18.8 Å². The van der Waals surface area contributed by atoms with Gasteiger partial charge in [0.05, 0.1) is 12.1 Å². The average Bonchev–Trinajstić information content (AvgIpc) is 2.57. The number of nitrogens with zero attached hydrogens (tertiary/aromatic N) is 2. The Kier molecular flexibility index (Phi) is 4.93. The van der Waals surface area contributed by atoms with E-state index in [1.807, 2.05) is 19.0 Å². The van der Waals surface area contributed by atoms with Gasteiger partial charge in [-0.1, -0.05) is 13.8 Å². The summed E-state index contributed by atoms with van der Waals surface area (Å²) in [6, 6.07) is 0. The van der Waals surface area contributed by atoms with Gasteiger partial charge in [-0.2, -0.15) is 0 Å². The van der Waals surface area contributed by atoms with E-state index in [1.54, 1.807) is 11.3 Å². The number of aryl methyl sites for hydroxylation is 1. The number of hydrogen-bond donors (Lipinski definition) is 1. The highest BCUT2D eigenvalue weighted by Crippen LogP contribution is 2.27. The van der Waals surface area contributed by atoms with Gasteiger partial charge in [-0.15, -0.1) is 11.3 Å². The lowest BCUT2D eigenvalue weighted by atomic mass is 10.1. The average molecular weight is 256 g/mol. The van der Waals surface area contributed by atoms with Crippen molar-refractivity contribution >= 4 is 22.4 Å². The van der Waals surface area contributed by atoms with Crippen LogP contribution in [0.1, 0.15) is 30.8 Å². The lowest BCUT2D eigenvalue weighted by Gasteiger charge is -2.05. The first-order chi connectivity index (χ1) is 7.90. The molecule has 0 aliphatic carbocycles. The molecule has 0 aliphatic heterocycles. The Morgan fingerprint density at radius 3 is 2.59 bits per heavy atom. The molecule has 4 nitrogen and oxygen atoms in total. The summed E-state index contributed by atoms with van der Waals surface area (Å²) in [6.07, 6.45) is 1.68. The standard InChI is InChI=1S/C12H20N2O2S/c1-8(2)7-9-10(5-6-11(15)16)17-12(13-9)14(3)4/h8H,5-7H2,1-4H3,(H,15,16). The van der Waals surface area contributed by atoms with Crippen LogP contribution in [-0.2, 0) is 17.6 Å². The molecule has 0 unspecified atom stereocenters. The Morgan fingerprint density at radius 2 is 2.12 bits per heavy atom. The fourth-order valence-electron chi connectivity index (χ4n) is 1.52. The third-order valence-corrected chi connectivity index (χ3v) is 3.64. The Balaban J connectivity index is 2.86. The highest BCUT2D eigenvalue weighted by molar-refractivity contribution is 7.15. The first kappa shape index (κ1) is 14.0. The van der Waals surface area contributed by atoms with Gasteiger partial charge in [-0.05, 0) is 18.8 Å². The number of rotatable bonds is 6. The Bertz CT molecular complexity index is 386. The molecule has 0 aliphatic rings. The van der Waals surface area contributed by atoms with E-state index in [0.29, 0.717) is 12.3 Å². The molecular weight excluding hydrogens is 236 g/mol. The maximum atomic E-state index is 10.6. The molecule has 0 aromatic carbocycles. The van der Waals surface area contributed by atoms with Gasteiger partial charge in [0.2, 0.25) is 0 Å². The maximum Gasteiger partial charge on any atom is 0.303 e. The van der Waals surface area contributed by atoms with Gasteiger partial charge in [-0.25, -0.2) is 4.98 Å². The molecule has 1 rings (SSSR count). The van der Waals surface area contributed by atoms with Crippen molar-refractivity contribution in [3.63, 3.8) is 0 Å². The summed E-state index contributed by atoms with van der Waals surface area (Å²) in [5.74, 6) is -0.212. The molecular formula is C12H20N2O2S. The summed E-state index contributed by atoms with van der Waals surface area (Å²) in [5.41, 5.74) is 1.06. The zero-order valence-electron chi connectivity index (χ0n) is 10.9. The summed E-state index contributed by atoms with van der Waals surface area (Å²) in [5, 5.41) is 9.70. The fourth-order valence-corrected chi connectivity index (χ4v) is 2.53. The van der Waals surface area contributed by atoms with Crippen LogP contribution in [0.15, 0.2) is 0 Å². The van der Waals surface area contributed by atoms with Crippen LogP contribution in [0.3, 0.4) is 0 Å². The van der Waals surface area contributed by atoms with Crippen LogP contribution in [0.25, 0.3) is 0 Å². The number of thiazole rings is 1. The summed E-state index contributed by atoms with van der Waals surface area (Å²) in [4.78, 5) is 18.3. The van der Waals surface area contributed by atoms with Gasteiger partial charge in [0.15, 0.2) is 5.13 Å². The first-order valence-corrected chi connectivity index (χ1v) is 6.59. The predicted octanol–water partition coefficient (Wildman–Crippen LogP) is 2.42. The Labute approximate surface area is 106 Å². The second-order valence-corrected chi connectivity index (χ2v) is 5.81. The van der Waals surface area contributed by atoms with Gasteiger partial charge >= 0.3 is 5.97 Å². The number of hydrogen-bond acceptors (Lipinski definition) is 4. The van der Waals surface area contributed by atoms with Gasteiger partial charge in [0.1, 0.15) is 0 Å². The van der Waals surface area contributed by atoms with Gasteiger partial charge < -0.3 is 10.0 Å². The van der Waals surface area contributed by atoms with E-state index in [9.17, 15) is 4.79 Å². The largest absolute Gasteiger partial charge is 0.481 e. The smallest absolute Gasteiger partial charge is 0.303 e. The number of carboxylic acids is 1. The summed E-state index contributed by atoms with van der Waals surface area (Å²) in [7, 11) is 3.91. The van der Waals surface area contributed by atoms with E-state index < -0.39 is 5.97 Å². The van der Waals surface area contributed by atoms with Crippen molar-refractivity contribution in [1.29, 1.82) is 0 Å². The first-order valence-electron chi connectivity index (χ1n) is 5.77. The molecule has 0 amide bonds.